The van der Waals surface area contributed by atoms with Crippen LogP contribution < -0.4 is 5.32 Å². The van der Waals surface area contributed by atoms with Crippen LogP contribution in [0.15, 0.2) is 24.3 Å². The molecule has 0 saturated carbocycles. The number of ketones is 1. The molecule has 0 saturated heterocycles. The highest BCUT2D eigenvalue weighted by Gasteiger charge is 2.22. The van der Waals surface area contributed by atoms with Gasteiger partial charge in [-0.05, 0) is 43.5 Å². The van der Waals surface area contributed by atoms with Crippen LogP contribution in [0.2, 0.25) is 0 Å². The maximum atomic E-state index is 12.6. The van der Waals surface area contributed by atoms with E-state index in [-0.39, 0.29) is 18.3 Å². The number of amides is 1. The highest BCUT2D eigenvalue weighted by molar-refractivity contribution is 6.07. The average molecular weight is 314 g/mol. The van der Waals surface area contributed by atoms with Crippen LogP contribution in [0, 0.1) is 6.92 Å². The van der Waals surface area contributed by atoms with Gasteiger partial charge in [-0.1, -0.05) is 25.5 Å². The minimum atomic E-state index is -0.279. The van der Waals surface area contributed by atoms with Crippen LogP contribution >= 0.6 is 0 Å². The zero-order valence-corrected chi connectivity index (χ0v) is 13.7. The summed E-state index contributed by atoms with van der Waals surface area (Å²) in [5.74, 6) is -0.317. The first-order chi connectivity index (χ1) is 11.0. The Labute approximate surface area is 135 Å². The lowest BCUT2D eigenvalue weighted by atomic mass is 10.0. The molecule has 0 spiro atoms. The van der Waals surface area contributed by atoms with E-state index in [1.54, 1.807) is 31.2 Å². The Hall–Kier alpha value is -2.40. The van der Waals surface area contributed by atoms with E-state index < -0.39 is 0 Å². The van der Waals surface area contributed by atoms with E-state index in [0.717, 1.165) is 23.2 Å². The second-order valence-electron chi connectivity index (χ2n) is 5.60. The quantitative estimate of drug-likeness (QED) is 0.716. The third-order valence-corrected chi connectivity index (χ3v) is 3.74. The number of aliphatic hydroxyl groups is 1. The smallest absolute Gasteiger partial charge is 0.272 e. The molecule has 5 nitrogen and oxygen atoms in total. The van der Waals surface area contributed by atoms with E-state index in [4.69, 9.17) is 0 Å². The molecule has 0 unspecified atom stereocenters. The first-order valence-corrected chi connectivity index (χ1v) is 7.71. The minimum absolute atomic E-state index is 0.0384. The van der Waals surface area contributed by atoms with Crippen molar-refractivity contribution in [3.8, 4) is 0 Å². The van der Waals surface area contributed by atoms with Gasteiger partial charge in [0, 0.05) is 16.9 Å². The number of hydrogen-bond donors (Lipinski definition) is 3. The molecule has 3 N–H and O–H groups in total. The second kappa shape index (κ2) is 7.24. The molecule has 0 aliphatic carbocycles. The first kappa shape index (κ1) is 17.0. The van der Waals surface area contributed by atoms with Gasteiger partial charge in [0.25, 0.3) is 5.91 Å². The minimum Gasteiger partial charge on any atom is -0.392 e. The van der Waals surface area contributed by atoms with Gasteiger partial charge in [-0.2, -0.15) is 0 Å². The summed E-state index contributed by atoms with van der Waals surface area (Å²) in [6.07, 6.45) is 1.51. The van der Waals surface area contributed by atoms with Crippen LogP contribution in [-0.2, 0) is 13.0 Å². The zero-order chi connectivity index (χ0) is 17.0. The monoisotopic (exact) mass is 314 g/mol. The topological polar surface area (TPSA) is 82.2 Å². The molecule has 122 valence electrons. The first-order valence-electron chi connectivity index (χ1n) is 7.71. The van der Waals surface area contributed by atoms with Crippen molar-refractivity contribution >= 4 is 17.4 Å². The van der Waals surface area contributed by atoms with Crippen molar-refractivity contribution in [2.45, 2.75) is 40.2 Å². The van der Waals surface area contributed by atoms with E-state index in [1.165, 1.54) is 6.92 Å². The molecule has 0 aliphatic heterocycles. The summed E-state index contributed by atoms with van der Waals surface area (Å²) >= 11 is 0. The van der Waals surface area contributed by atoms with Crippen LogP contribution in [0.1, 0.15) is 57.9 Å². The molecule has 1 amide bonds. The van der Waals surface area contributed by atoms with Gasteiger partial charge in [0.1, 0.15) is 5.69 Å². The molecule has 0 radical (unpaired) electrons. The van der Waals surface area contributed by atoms with Crippen molar-refractivity contribution in [3.63, 3.8) is 0 Å². The Morgan fingerprint density at radius 3 is 2.65 bits per heavy atom. The Morgan fingerprint density at radius 1 is 1.30 bits per heavy atom. The number of aromatic nitrogens is 1. The third kappa shape index (κ3) is 3.68. The SMILES string of the molecule is CCCc1c(C(=O)Nc2cccc(CO)c2)[nH]c(C)c1C(C)=O. The highest BCUT2D eigenvalue weighted by Crippen LogP contribution is 2.22. The Kier molecular flexibility index (Phi) is 5.34. The summed E-state index contributed by atoms with van der Waals surface area (Å²) in [5, 5.41) is 12.0. The number of aryl methyl sites for hydroxylation is 1. The number of Topliss-reactive ketones (excluding diaryl/α,β-unsaturated/α-hetero) is 1. The van der Waals surface area contributed by atoms with E-state index in [1.807, 2.05) is 6.92 Å². The standard InChI is InChI=1S/C18H22N2O3/c1-4-6-15-16(12(3)22)11(2)19-17(15)18(23)20-14-8-5-7-13(9-14)10-21/h5,7-9,19,21H,4,6,10H2,1-3H3,(H,20,23). The van der Waals surface area contributed by atoms with Gasteiger partial charge in [-0.3, -0.25) is 9.59 Å². The van der Waals surface area contributed by atoms with Gasteiger partial charge >= 0.3 is 0 Å². The number of carbonyl (C=O) groups excluding carboxylic acids is 2. The van der Waals surface area contributed by atoms with E-state index >= 15 is 0 Å². The molecule has 0 fully saturated rings. The molecule has 1 heterocycles. The van der Waals surface area contributed by atoms with E-state index in [2.05, 4.69) is 10.3 Å². The lowest BCUT2D eigenvalue weighted by Crippen LogP contribution is -2.15. The van der Waals surface area contributed by atoms with Crippen molar-refractivity contribution in [1.82, 2.24) is 4.98 Å². The van der Waals surface area contributed by atoms with Crippen molar-refractivity contribution in [2.75, 3.05) is 5.32 Å². The number of carbonyl (C=O) groups is 2. The van der Waals surface area contributed by atoms with Crippen LogP contribution in [0.5, 0.6) is 0 Å². The molecule has 5 heteroatoms. The number of rotatable bonds is 6. The Bertz CT molecular complexity index is 732. The van der Waals surface area contributed by atoms with Crippen LogP contribution in [0.25, 0.3) is 0 Å². The summed E-state index contributed by atoms with van der Waals surface area (Å²) in [6, 6.07) is 7.04. The van der Waals surface area contributed by atoms with Crippen molar-refractivity contribution in [2.24, 2.45) is 0 Å². The van der Waals surface area contributed by atoms with Gasteiger partial charge in [0.05, 0.1) is 6.61 Å². The summed E-state index contributed by atoms with van der Waals surface area (Å²) < 4.78 is 0. The number of aliphatic hydroxyl groups excluding tert-OH is 1. The third-order valence-electron chi connectivity index (χ3n) is 3.74. The van der Waals surface area contributed by atoms with E-state index in [9.17, 15) is 14.7 Å². The van der Waals surface area contributed by atoms with Crippen molar-refractivity contribution in [1.29, 1.82) is 0 Å². The van der Waals surface area contributed by atoms with Gasteiger partial charge < -0.3 is 15.4 Å². The van der Waals surface area contributed by atoms with Gasteiger partial charge in [0.2, 0.25) is 0 Å². The van der Waals surface area contributed by atoms with Gasteiger partial charge in [-0.15, -0.1) is 0 Å². The Balaban J connectivity index is 2.35. The maximum absolute atomic E-state index is 12.6. The zero-order valence-electron chi connectivity index (χ0n) is 13.7. The second-order valence-corrected chi connectivity index (χ2v) is 5.60. The fourth-order valence-corrected chi connectivity index (χ4v) is 2.79. The largest absolute Gasteiger partial charge is 0.392 e. The van der Waals surface area contributed by atoms with Crippen molar-refractivity contribution < 1.29 is 14.7 Å². The van der Waals surface area contributed by atoms with Gasteiger partial charge in [-0.25, -0.2) is 0 Å². The lowest BCUT2D eigenvalue weighted by Gasteiger charge is -2.08. The van der Waals surface area contributed by atoms with E-state index in [0.29, 0.717) is 23.4 Å². The Morgan fingerprint density at radius 2 is 2.04 bits per heavy atom. The van der Waals surface area contributed by atoms with Crippen LogP contribution in [0.4, 0.5) is 5.69 Å². The normalized spacial score (nSPS) is 10.6. The predicted molar refractivity (Wildman–Crippen MR) is 89.8 cm³/mol. The van der Waals surface area contributed by atoms with Crippen LogP contribution in [-0.4, -0.2) is 21.8 Å². The molecule has 1 aromatic carbocycles. The average Bonchev–Trinajstić information content (AvgIpc) is 2.84. The number of H-pyrrole nitrogens is 1. The molecule has 0 atom stereocenters. The molecule has 23 heavy (non-hydrogen) atoms. The molecule has 0 bridgehead atoms. The summed E-state index contributed by atoms with van der Waals surface area (Å²) in [6.45, 7) is 5.25. The summed E-state index contributed by atoms with van der Waals surface area (Å²) in [5.41, 5.74) is 3.87. The fourth-order valence-electron chi connectivity index (χ4n) is 2.79. The maximum Gasteiger partial charge on any atom is 0.272 e. The molecular formula is C18H22N2O3. The fraction of sp³-hybridized carbons (Fsp3) is 0.333. The van der Waals surface area contributed by atoms with Gasteiger partial charge in [0.15, 0.2) is 5.78 Å². The molecule has 1 aromatic heterocycles. The predicted octanol–water partition coefficient (Wildman–Crippen LogP) is 3.22. The molecule has 2 rings (SSSR count). The number of hydrogen-bond acceptors (Lipinski definition) is 3. The number of benzene rings is 1. The van der Waals surface area contributed by atoms with Crippen LogP contribution in [0.3, 0.4) is 0 Å². The van der Waals surface area contributed by atoms with Crippen molar-refractivity contribution in [3.05, 3.63) is 52.3 Å². The number of aromatic amines is 1. The number of anilines is 1. The molecule has 0 aliphatic rings. The lowest BCUT2D eigenvalue weighted by molar-refractivity contribution is 0.101. The highest BCUT2D eigenvalue weighted by atomic mass is 16.3. The number of nitrogens with one attached hydrogen (secondary N) is 2. The summed E-state index contributed by atoms with van der Waals surface area (Å²) in [7, 11) is 0. The molecule has 2 aromatic rings. The summed E-state index contributed by atoms with van der Waals surface area (Å²) in [4.78, 5) is 27.5. The molecular weight excluding hydrogens is 292 g/mol.